The number of hydrogen-bond donors (Lipinski definition) is 2. The lowest BCUT2D eigenvalue weighted by Crippen LogP contribution is -2.37. The maximum Gasteiger partial charge on any atom is 0.313 e. The predicted molar refractivity (Wildman–Crippen MR) is 90.5 cm³/mol. The molecule has 0 fully saturated rings. The summed E-state index contributed by atoms with van der Waals surface area (Å²) >= 11 is 5.55. The summed E-state index contributed by atoms with van der Waals surface area (Å²) in [6.07, 6.45) is 0. The first-order valence-electron chi connectivity index (χ1n) is 6.90. The molecule has 0 saturated carbocycles. The van der Waals surface area contributed by atoms with Gasteiger partial charge < -0.3 is 10.6 Å². The van der Waals surface area contributed by atoms with E-state index in [1.54, 1.807) is 7.05 Å². The second-order valence-electron chi connectivity index (χ2n) is 5.05. The maximum absolute atomic E-state index is 13.3. The zero-order valence-corrected chi connectivity index (χ0v) is 14.2. The molecule has 0 unspecified atom stereocenters. The number of anilines is 1. The highest BCUT2D eigenvalue weighted by molar-refractivity contribution is 6.39. The molecule has 0 aromatic heterocycles. The van der Waals surface area contributed by atoms with Gasteiger partial charge in [-0.3, -0.25) is 14.6 Å². The van der Waals surface area contributed by atoms with Gasteiger partial charge in [0.2, 0.25) is 0 Å². The molecule has 7 heteroatoms. The Balaban J connectivity index is 2.69. The average molecular weight is 340 g/mol. The molecule has 2 amide bonds. The fraction of sp³-hybridized carbons (Fsp3) is 0.312. The third-order valence-corrected chi connectivity index (χ3v) is 3.49. The van der Waals surface area contributed by atoms with Crippen LogP contribution in [0.1, 0.15) is 20.8 Å². The van der Waals surface area contributed by atoms with Crippen LogP contribution in [0.3, 0.4) is 0 Å². The van der Waals surface area contributed by atoms with Gasteiger partial charge in [0.1, 0.15) is 5.82 Å². The highest BCUT2D eigenvalue weighted by Crippen LogP contribution is 2.18. The molecule has 0 radical (unpaired) electrons. The molecule has 1 aromatic rings. The van der Waals surface area contributed by atoms with Crippen LogP contribution in [0.15, 0.2) is 34.3 Å². The minimum Gasteiger partial charge on any atom is -0.344 e. The van der Waals surface area contributed by atoms with Gasteiger partial charge in [-0.1, -0.05) is 17.2 Å². The van der Waals surface area contributed by atoms with E-state index in [2.05, 4.69) is 15.6 Å². The summed E-state index contributed by atoms with van der Waals surface area (Å²) in [6, 6.07) is 3.75. The second-order valence-corrected chi connectivity index (χ2v) is 5.46. The first kappa shape index (κ1) is 18.8. The van der Waals surface area contributed by atoms with Gasteiger partial charge in [0.15, 0.2) is 0 Å². The summed E-state index contributed by atoms with van der Waals surface area (Å²) in [4.78, 5) is 27.7. The fourth-order valence-electron chi connectivity index (χ4n) is 1.81. The molecular weight excluding hydrogens is 321 g/mol. The molecule has 1 aromatic carbocycles. The smallest absolute Gasteiger partial charge is 0.313 e. The second kappa shape index (κ2) is 8.43. The number of carbonyl (C=O) groups excluding carboxylic acids is 2. The van der Waals surface area contributed by atoms with Gasteiger partial charge in [0, 0.05) is 25.0 Å². The quantitative estimate of drug-likeness (QED) is 0.654. The summed E-state index contributed by atoms with van der Waals surface area (Å²) in [5.41, 5.74) is 2.78. The zero-order valence-electron chi connectivity index (χ0n) is 13.5. The summed E-state index contributed by atoms with van der Waals surface area (Å²) in [6.45, 7) is 5.80. The van der Waals surface area contributed by atoms with Gasteiger partial charge in [0.05, 0.1) is 5.02 Å². The van der Waals surface area contributed by atoms with Crippen LogP contribution in [-0.2, 0) is 9.59 Å². The Kier molecular flexibility index (Phi) is 6.90. The molecule has 0 heterocycles. The lowest BCUT2D eigenvalue weighted by atomic mass is 10.1. The highest BCUT2D eigenvalue weighted by atomic mass is 35.5. The number of nitrogens with zero attached hydrogens (tertiary/aromatic N) is 1. The van der Waals surface area contributed by atoms with Crippen molar-refractivity contribution in [2.24, 2.45) is 4.99 Å². The van der Waals surface area contributed by atoms with Crippen LogP contribution in [0, 0.1) is 5.82 Å². The van der Waals surface area contributed by atoms with Crippen molar-refractivity contribution in [3.8, 4) is 0 Å². The minimum absolute atomic E-state index is 0.0602. The van der Waals surface area contributed by atoms with Crippen molar-refractivity contribution < 1.29 is 14.0 Å². The van der Waals surface area contributed by atoms with Crippen LogP contribution in [0.5, 0.6) is 0 Å². The molecule has 0 atom stereocenters. The van der Waals surface area contributed by atoms with Crippen molar-refractivity contribution in [2.75, 3.05) is 18.9 Å². The molecule has 5 nitrogen and oxygen atoms in total. The summed E-state index contributed by atoms with van der Waals surface area (Å²) < 4.78 is 13.3. The van der Waals surface area contributed by atoms with Crippen LogP contribution in [0.2, 0.25) is 5.02 Å². The molecule has 0 aliphatic heterocycles. The largest absolute Gasteiger partial charge is 0.344 e. The first-order valence-corrected chi connectivity index (χ1v) is 7.28. The van der Waals surface area contributed by atoms with Crippen molar-refractivity contribution in [2.45, 2.75) is 20.8 Å². The van der Waals surface area contributed by atoms with Crippen LogP contribution in [-0.4, -0.2) is 31.1 Å². The Labute approximate surface area is 139 Å². The maximum atomic E-state index is 13.3. The molecule has 0 aliphatic rings. The Bertz CT molecular complexity index is 680. The lowest BCUT2D eigenvalue weighted by molar-refractivity contribution is -0.136. The van der Waals surface area contributed by atoms with E-state index in [4.69, 9.17) is 11.6 Å². The van der Waals surface area contributed by atoms with E-state index in [0.29, 0.717) is 0 Å². The molecule has 0 saturated heterocycles. The number of benzene rings is 1. The number of allylic oxidation sites excluding steroid dienone is 1. The van der Waals surface area contributed by atoms with Crippen LogP contribution < -0.4 is 10.6 Å². The van der Waals surface area contributed by atoms with E-state index in [9.17, 15) is 14.0 Å². The Hall–Kier alpha value is -2.21. The van der Waals surface area contributed by atoms with Crippen molar-refractivity contribution in [3.05, 3.63) is 40.2 Å². The molecule has 23 heavy (non-hydrogen) atoms. The normalized spacial score (nSPS) is 11.0. The Morgan fingerprint density at radius 3 is 2.39 bits per heavy atom. The number of nitrogens with one attached hydrogen (secondary N) is 2. The molecular formula is C16H19ClFN3O2. The number of aliphatic imine (C=N–C) groups is 1. The SMILES string of the molecule is CN=C(C)C(CNC(=O)C(=O)Nc1ccc(Cl)c(F)c1)=C(C)C. The predicted octanol–water partition coefficient (Wildman–Crippen LogP) is 2.96. The molecule has 0 spiro atoms. The monoisotopic (exact) mass is 339 g/mol. The number of halogens is 2. The lowest BCUT2D eigenvalue weighted by Gasteiger charge is -2.11. The van der Waals surface area contributed by atoms with Gasteiger partial charge in [-0.25, -0.2) is 4.39 Å². The van der Waals surface area contributed by atoms with E-state index in [1.165, 1.54) is 12.1 Å². The van der Waals surface area contributed by atoms with Crippen LogP contribution >= 0.6 is 11.6 Å². The topological polar surface area (TPSA) is 70.6 Å². The minimum atomic E-state index is -0.883. The number of carbonyl (C=O) groups is 2. The van der Waals surface area contributed by atoms with Gasteiger partial charge in [-0.2, -0.15) is 0 Å². The van der Waals surface area contributed by atoms with E-state index >= 15 is 0 Å². The van der Waals surface area contributed by atoms with E-state index in [1.807, 2.05) is 20.8 Å². The Morgan fingerprint density at radius 2 is 1.87 bits per heavy atom. The first-order chi connectivity index (χ1) is 10.8. The van der Waals surface area contributed by atoms with Crippen molar-refractivity contribution in [3.63, 3.8) is 0 Å². The zero-order chi connectivity index (χ0) is 17.6. The van der Waals surface area contributed by atoms with Gasteiger partial charge in [-0.15, -0.1) is 0 Å². The fourth-order valence-corrected chi connectivity index (χ4v) is 1.93. The molecule has 1 rings (SSSR count). The summed E-state index contributed by atoms with van der Waals surface area (Å²) in [5.74, 6) is -2.37. The molecule has 124 valence electrons. The van der Waals surface area contributed by atoms with Gasteiger partial charge in [0.25, 0.3) is 0 Å². The standard InChI is InChI=1S/C16H19ClFN3O2/c1-9(2)12(10(3)19-4)8-20-15(22)16(23)21-11-5-6-13(17)14(18)7-11/h5-7H,8H2,1-4H3,(H,20,22)(H,21,23). The van der Waals surface area contributed by atoms with Crippen LogP contribution in [0.25, 0.3) is 0 Å². The number of hydrogen-bond acceptors (Lipinski definition) is 3. The summed E-state index contributed by atoms with van der Waals surface area (Å²) in [7, 11) is 1.65. The van der Waals surface area contributed by atoms with Crippen molar-refractivity contribution in [1.29, 1.82) is 0 Å². The third-order valence-electron chi connectivity index (χ3n) is 3.19. The van der Waals surface area contributed by atoms with E-state index in [-0.39, 0.29) is 17.3 Å². The van der Waals surface area contributed by atoms with Gasteiger partial charge >= 0.3 is 11.8 Å². The molecule has 2 N–H and O–H groups in total. The van der Waals surface area contributed by atoms with Crippen molar-refractivity contribution in [1.82, 2.24) is 5.32 Å². The van der Waals surface area contributed by atoms with Crippen molar-refractivity contribution >= 4 is 34.8 Å². The molecule has 0 bridgehead atoms. The number of amides is 2. The van der Waals surface area contributed by atoms with E-state index in [0.717, 1.165) is 22.9 Å². The number of rotatable bonds is 4. The van der Waals surface area contributed by atoms with Crippen LogP contribution in [0.4, 0.5) is 10.1 Å². The summed E-state index contributed by atoms with van der Waals surface area (Å²) in [5, 5.41) is 4.77. The highest BCUT2D eigenvalue weighted by Gasteiger charge is 2.15. The molecule has 0 aliphatic carbocycles. The Morgan fingerprint density at radius 1 is 1.22 bits per heavy atom. The van der Waals surface area contributed by atoms with Gasteiger partial charge in [-0.05, 0) is 44.5 Å². The van der Waals surface area contributed by atoms with E-state index < -0.39 is 17.6 Å². The average Bonchev–Trinajstić information content (AvgIpc) is 2.50. The third kappa shape index (κ3) is 5.49.